The number of hydrogen-bond acceptors (Lipinski definition) is 4. The predicted octanol–water partition coefficient (Wildman–Crippen LogP) is 4.79. The minimum absolute atomic E-state index is 0.161. The van der Waals surface area contributed by atoms with Crippen molar-refractivity contribution in [3.8, 4) is 0 Å². The zero-order valence-corrected chi connectivity index (χ0v) is 18.3. The highest BCUT2D eigenvalue weighted by molar-refractivity contribution is 7.99. The second kappa shape index (κ2) is 9.10. The van der Waals surface area contributed by atoms with E-state index in [1.807, 2.05) is 13.8 Å². The zero-order chi connectivity index (χ0) is 22.8. The summed E-state index contributed by atoms with van der Waals surface area (Å²) in [6, 6.07) is 3.27. The summed E-state index contributed by atoms with van der Waals surface area (Å²) in [5, 5.41) is 5.16. The molecule has 1 unspecified atom stereocenters. The molecule has 6 nitrogen and oxygen atoms in total. The number of amides is 4. The van der Waals surface area contributed by atoms with Crippen molar-refractivity contribution in [1.29, 1.82) is 0 Å². The molecule has 4 amide bonds. The SMILES string of the molecule is CCC(C)Sc1ccc(NC(=O)CCN2C(=O)NC3(CCCC3)C2=O)c(C(F)(F)F)c1. The molecule has 1 aromatic carbocycles. The largest absolute Gasteiger partial charge is 0.418 e. The van der Waals surface area contributed by atoms with Crippen LogP contribution in [-0.2, 0) is 15.8 Å². The fraction of sp³-hybridized carbons (Fsp3) is 0.571. The molecule has 0 aromatic heterocycles. The van der Waals surface area contributed by atoms with Crippen molar-refractivity contribution < 1.29 is 27.6 Å². The molecular formula is C21H26F3N3O3S. The summed E-state index contributed by atoms with van der Waals surface area (Å²) in [5.41, 5.74) is -2.13. The lowest BCUT2D eigenvalue weighted by Gasteiger charge is -2.20. The topological polar surface area (TPSA) is 78.5 Å². The molecule has 1 heterocycles. The third-order valence-electron chi connectivity index (χ3n) is 5.75. The summed E-state index contributed by atoms with van der Waals surface area (Å²) >= 11 is 1.34. The van der Waals surface area contributed by atoms with Gasteiger partial charge in [0.05, 0.1) is 11.3 Å². The van der Waals surface area contributed by atoms with Gasteiger partial charge in [-0.3, -0.25) is 14.5 Å². The van der Waals surface area contributed by atoms with E-state index in [-0.39, 0.29) is 29.8 Å². The Morgan fingerprint density at radius 3 is 2.58 bits per heavy atom. The van der Waals surface area contributed by atoms with Gasteiger partial charge in [-0.05, 0) is 37.5 Å². The van der Waals surface area contributed by atoms with E-state index in [2.05, 4.69) is 10.6 Å². The Labute approximate surface area is 183 Å². The molecule has 1 saturated carbocycles. The van der Waals surface area contributed by atoms with Crippen LogP contribution in [0.1, 0.15) is 57.9 Å². The van der Waals surface area contributed by atoms with E-state index in [9.17, 15) is 27.6 Å². The van der Waals surface area contributed by atoms with Gasteiger partial charge in [0, 0.05) is 23.1 Å². The van der Waals surface area contributed by atoms with E-state index in [0.717, 1.165) is 30.2 Å². The van der Waals surface area contributed by atoms with Crippen LogP contribution in [0, 0.1) is 0 Å². The van der Waals surface area contributed by atoms with Crippen LogP contribution in [-0.4, -0.2) is 40.1 Å². The summed E-state index contributed by atoms with van der Waals surface area (Å²) in [5.74, 6) is -1.05. The molecule has 0 bridgehead atoms. The quantitative estimate of drug-likeness (QED) is 0.456. The number of benzene rings is 1. The first kappa shape index (κ1) is 23.4. The number of urea groups is 1. The number of imide groups is 1. The maximum Gasteiger partial charge on any atom is 0.418 e. The van der Waals surface area contributed by atoms with Gasteiger partial charge in [-0.25, -0.2) is 4.79 Å². The summed E-state index contributed by atoms with van der Waals surface area (Å²) in [6.07, 6.45) is -1.29. The van der Waals surface area contributed by atoms with Crippen molar-refractivity contribution in [1.82, 2.24) is 10.2 Å². The smallest absolute Gasteiger partial charge is 0.325 e. The van der Waals surface area contributed by atoms with Crippen molar-refractivity contribution in [2.75, 3.05) is 11.9 Å². The molecule has 1 atom stereocenters. The van der Waals surface area contributed by atoms with Crippen LogP contribution >= 0.6 is 11.8 Å². The molecule has 170 valence electrons. The summed E-state index contributed by atoms with van der Waals surface area (Å²) < 4.78 is 40.6. The fourth-order valence-corrected chi connectivity index (χ4v) is 4.84. The second-order valence-corrected chi connectivity index (χ2v) is 9.53. The van der Waals surface area contributed by atoms with Gasteiger partial charge in [0.2, 0.25) is 5.91 Å². The fourth-order valence-electron chi connectivity index (χ4n) is 3.88. The van der Waals surface area contributed by atoms with Gasteiger partial charge in [0.25, 0.3) is 5.91 Å². The van der Waals surface area contributed by atoms with Crippen molar-refractivity contribution in [3.63, 3.8) is 0 Å². The number of nitrogens with one attached hydrogen (secondary N) is 2. The summed E-state index contributed by atoms with van der Waals surface area (Å²) in [7, 11) is 0. The highest BCUT2D eigenvalue weighted by Gasteiger charge is 2.52. The molecule has 31 heavy (non-hydrogen) atoms. The van der Waals surface area contributed by atoms with Crippen LogP contribution in [0.15, 0.2) is 23.1 Å². The highest BCUT2D eigenvalue weighted by Crippen LogP contribution is 2.39. The number of alkyl halides is 3. The Morgan fingerprint density at radius 1 is 1.29 bits per heavy atom. The first-order valence-corrected chi connectivity index (χ1v) is 11.3. The van der Waals surface area contributed by atoms with E-state index in [0.29, 0.717) is 17.7 Å². The van der Waals surface area contributed by atoms with E-state index in [4.69, 9.17) is 0 Å². The van der Waals surface area contributed by atoms with Crippen LogP contribution < -0.4 is 10.6 Å². The summed E-state index contributed by atoms with van der Waals surface area (Å²) in [6.45, 7) is 3.71. The molecule has 1 saturated heterocycles. The molecule has 2 fully saturated rings. The third kappa shape index (κ3) is 5.16. The molecule has 3 rings (SSSR count). The van der Waals surface area contributed by atoms with Crippen LogP contribution in [0.3, 0.4) is 0 Å². The molecule has 1 aliphatic carbocycles. The van der Waals surface area contributed by atoms with Crippen LogP contribution in [0.5, 0.6) is 0 Å². The average Bonchev–Trinajstić information content (AvgIpc) is 3.26. The monoisotopic (exact) mass is 457 g/mol. The molecule has 1 spiro atoms. The lowest BCUT2D eigenvalue weighted by molar-refractivity contribution is -0.137. The molecule has 10 heteroatoms. The Balaban J connectivity index is 1.66. The average molecular weight is 458 g/mol. The van der Waals surface area contributed by atoms with Crippen LogP contribution in [0.2, 0.25) is 0 Å². The Bertz CT molecular complexity index is 869. The van der Waals surface area contributed by atoms with Gasteiger partial charge in [-0.1, -0.05) is 26.7 Å². The van der Waals surface area contributed by atoms with Gasteiger partial charge in [0.1, 0.15) is 5.54 Å². The standard InChI is InChI=1S/C21H26F3N3O3S/c1-3-13(2)31-14-6-7-16(15(12-14)21(22,23)24)25-17(28)8-11-27-18(29)20(26-19(27)30)9-4-5-10-20/h6-7,12-13H,3-5,8-11H2,1-2H3,(H,25,28)(H,26,30). The minimum atomic E-state index is -4.63. The van der Waals surface area contributed by atoms with Crippen molar-refractivity contribution in [3.05, 3.63) is 23.8 Å². The number of halogens is 3. The third-order valence-corrected chi connectivity index (χ3v) is 7.01. The van der Waals surface area contributed by atoms with E-state index in [1.54, 1.807) is 6.07 Å². The first-order chi connectivity index (χ1) is 14.6. The van der Waals surface area contributed by atoms with Gasteiger partial charge in [0.15, 0.2) is 0 Å². The molecule has 2 N–H and O–H groups in total. The predicted molar refractivity (Wildman–Crippen MR) is 112 cm³/mol. The molecular weight excluding hydrogens is 431 g/mol. The van der Waals surface area contributed by atoms with Gasteiger partial charge in [-0.15, -0.1) is 11.8 Å². The maximum atomic E-state index is 13.5. The van der Waals surface area contributed by atoms with E-state index >= 15 is 0 Å². The Morgan fingerprint density at radius 2 is 1.97 bits per heavy atom. The zero-order valence-electron chi connectivity index (χ0n) is 17.5. The molecule has 0 radical (unpaired) electrons. The van der Waals surface area contributed by atoms with Crippen LogP contribution in [0.4, 0.5) is 23.7 Å². The van der Waals surface area contributed by atoms with Crippen molar-refractivity contribution >= 4 is 35.3 Å². The lowest BCUT2D eigenvalue weighted by Crippen LogP contribution is -2.44. The minimum Gasteiger partial charge on any atom is -0.325 e. The normalized spacial score (nSPS) is 19.1. The lowest BCUT2D eigenvalue weighted by atomic mass is 9.98. The number of anilines is 1. The summed E-state index contributed by atoms with van der Waals surface area (Å²) in [4.78, 5) is 38.6. The Hall–Kier alpha value is -2.23. The van der Waals surface area contributed by atoms with Gasteiger partial charge < -0.3 is 10.6 Å². The van der Waals surface area contributed by atoms with E-state index < -0.39 is 29.2 Å². The number of carbonyl (C=O) groups is 3. The number of rotatable bonds is 7. The van der Waals surface area contributed by atoms with Crippen molar-refractivity contribution in [2.24, 2.45) is 0 Å². The first-order valence-electron chi connectivity index (χ1n) is 10.4. The maximum absolute atomic E-state index is 13.5. The van der Waals surface area contributed by atoms with E-state index in [1.165, 1.54) is 17.8 Å². The van der Waals surface area contributed by atoms with Gasteiger partial charge in [-0.2, -0.15) is 13.2 Å². The Kier molecular flexibility index (Phi) is 6.88. The van der Waals surface area contributed by atoms with Crippen LogP contribution in [0.25, 0.3) is 0 Å². The molecule has 1 aliphatic heterocycles. The number of hydrogen-bond donors (Lipinski definition) is 2. The highest BCUT2D eigenvalue weighted by atomic mass is 32.2. The van der Waals surface area contributed by atoms with Gasteiger partial charge >= 0.3 is 12.2 Å². The number of carbonyl (C=O) groups excluding carboxylic acids is 3. The molecule has 1 aromatic rings. The number of nitrogens with zero attached hydrogens (tertiary/aromatic N) is 1. The van der Waals surface area contributed by atoms with Crippen molar-refractivity contribution in [2.45, 2.75) is 74.2 Å². The number of thioether (sulfide) groups is 1. The second-order valence-electron chi connectivity index (χ2n) is 8.02. The molecule has 2 aliphatic rings.